The second-order valence-electron chi connectivity index (χ2n) is 4.20. The number of methoxy groups -OCH3 is 1. The molecule has 0 aliphatic rings. The van der Waals surface area contributed by atoms with Crippen LogP contribution in [0.3, 0.4) is 0 Å². The summed E-state index contributed by atoms with van der Waals surface area (Å²) in [5, 5.41) is 2.25. The van der Waals surface area contributed by atoms with Crippen LogP contribution in [0.5, 0.6) is 11.5 Å². The fourth-order valence-electron chi connectivity index (χ4n) is 1.63. The molecule has 4 heteroatoms. The Kier molecular flexibility index (Phi) is 7.13. The Morgan fingerprint density at radius 2 is 2.00 bits per heavy atom. The lowest BCUT2D eigenvalue weighted by atomic mass is 10.2. The Bertz CT molecular complexity index is 369. The zero-order valence-electron chi connectivity index (χ0n) is 11.5. The maximum absolute atomic E-state index is 5.74. The molecule has 1 rings (SSSR count). The monoisotopic (exact) mass is 316 g/mol. The molecule has 0 bridgehead atoms. The zero-order chi connectivity index (χ0) is 13.4. The van der Waals surface area contributed by atoms with Crippen LogP contribution in [0.15, 0.2) is 16.6 Å². The van der Waals surface area contributed by atoms with Crippen molar-refractivity contribution in [3.8, 4) is 11.5 Å². The molecule has 2 N–H and O–H groups in total. The highest BCUT2D eigenvalue weighted by Gasteiger charge is 2.11. The number of nitrogens with two attached hydrogens (primary N) is 1. The Morgan fingerprint density at radius 3 is 2.61 bits per heavy atom. The fourth-order valence-corrected chi connectivity index (χ4v) is 2.12. The molecular formula is C14H23BrNO2+. The highest BCUT2D eigenvalue weighted by Crippen LogP contribution is 2.33. The minimum atomic E-state index is 0.736. The molecule has 0 radical (unpaired) electrons. The number of hydrogen-bond donors (Lipinski definition) is 1. The molecule has 0 atom stereocenters. The summed E-state index contributed by atoms with van der Waals surface area (Å²) in [6, 6.07) is 4.06. The zero-order valence-corrected chi connectivity index (χ0v) is 13.0. The highest BCUT2D eigenvalue weighted by atomic mass is 79.9. The predicted octanol–water partition coefficient (Wildman–Crippen LogP) is 2.72. The van der Waals surface area contributed by atoms with Gasteiger partial charge in [0.25, 0.3) is 0 Å². The van der Waals surface area contributed by atoms with Crippen molar-refractivity contribution in [3.05, 3.63) is 22.2 Å². The van der Waals surface area contributed by atoms with Crippen LogP contribution in [0.4, 0.5) is 0 Å². The molecule has 3 nitrogen and oxygen atoms in total. The van der Waals surface area contributed by atoms with Crippen molar-refractivity contribution in [2.75, 3.05) is 20.3 Å². The summed E-state index contributed by atoms with van der Waals surface area (Å²) in [6.07, 6.45) is 2.19. The molecule has 0 aliphatic heterocycles. The smallest absolute Gasteiger partial charge is 0.162 e. The van der Waals surface area contributed by atoms with Gasteiger partial charge in [-0.1, -0.05) is 29.3 Å². The molecule has 0 saturated heterocycles. The van der Waals surface area contributed by atoms with E-state index in [9.17, 15) is 0 Å². The van der Waals surface area contributed by atoms with E-state index in [1.165, 1.54) is 5.56 Å². The van der Waals surface area contributed by atoms with Gasteiger partial charge in [0, 0.05) is 10.0 Å². The molecule has 0 amide bonds. The van der Waals surface area contributed by atoms with E-state index in [0.29, 0.717) is 0 Å². The summed E-state index contributed by atoms with van der Waals surface area (Å²) in [5.74, 6) is 1.63. The van der Waals surface area contributed by atoms with Crippen LogP contribution < -0.4 is 14.8 Å². The van der Waals surface area contributed by atoms with Gasteiger partial charge in [0.2, 0.25) is 0 Å². The predicted molar refractivity (Wildman–Crippen MR) is 77.3 cm³/mol. The summed E-state index contributed by atoms with van der Waals surface area (Å²) in [4.78, 5) is 0. The molecule has 18 heavy (non-hydrogen) atoms. The summed E-state index contributed by atoms with van der Waals surface area (Å²) in [6.45, 7) is 7.06. The first-order chi connectivity index (χ1) is 8.72. The average molecular weight is 317 g/mol. The standard InChI is InChI=1S/C14H22BrNO2/c1-4-6-7-18-14-9-12(15)11(10-16-5-2)8-13(14)17-3/h8-9,16H,4-7,10H2,1-3H3/p+1. The van der Waals surface area contributed by atoms with Crippen LogP contribution >= 0.6 is 15.9 Å². The van der Waals surface area contributed by atoms with E-state index in [4.69, 9.17) is 9.47 Å². The molecule has 0 aliphatic carbocycles. The van der Waals surface area contributed by atoms with E-state index in [1.54, 1.807) is 7.11 Å². The van der Waals surface area contributed by atoms with Crippen LogP contribution in [0.2, 0.25) is 0 Å². The van der Waals surface area contributed by atoms with Crippen LogP contribution in [-0.2, 0) is 6.54 Å². The molecule has 0 spiro atoms. The van der Waals surface area contributed by atoms with Crippen molar-refractivity contribution in [2.24, 2.45) is 0 Å². The van der Waals surface area contributed by atoms with Gasteiger partial charge in [-0.05, 0) is 25.5 Å². The average Bonchev–Trinajstić information content (AvgIpc) is 2.38. The van der Waals surface area contributed by atoms with Gasteiger partial charge in [0.1, 0.15) is 6.54 Å². The van der Waals surface area contributed by atoms with Crippen molar-refractivity contribution >= 4 is 15.9 Å². The summed E-state index contributed by atoms with van der Waals surface area (Å²) in [5.41, 5.74) is 1.23. The van der Waals surface area contributed by atoms with Crippen molar-refractivity contribution in [1.29, 1.82) is 0 Å². The second kappa shape index (κ2) is 8.38. The SMILES string of the molecule is CCCCOc1cc(Br)c(C[NH2+]CC)cc1OC. The van der Waals surface area contributed by atoms with Gasteiger partial charge in [-0.3, -0.25) is 0 Å². The van der Waals surface area contributed by atoms with Gasteiger partial charge in [-0.2, -0.15) is 0 Å². The number of hydrogen-bond acceptors (Lipinski definition) is 2. The summed E-state index contributed by atoms with van der Waals surface area (Å²) in [7, 11) is 1.68. The number of unbranched alkanes of at least 4 members (excludes halogenated alkanes) is 1. The highest BCUT2D eigenvalue weighted by molar-refractivity contribution is 9.10. The molecule has 0 aromatic heterocycles. The molecule has 0 saturated carbocycles. The van der Waals surface area contributed by atoms with Gasteiger partial charge >= 0.3 is 0 Å². The van der Waals surface area contributed by atoms with Gasteiger partial charge < -0.3 is 14.8 Å². The first-order valence-corrected chi connectivity index (χ1v) is 7.33. The summed E-state index contributed by atoms with van der Waals surface area (Å²) < 4.78 is 12.2. The lowest BCUT2D eigenvalue weighted by Crippen LogP contribution is -2.81. The van der Waals surface area contributed by atoms with E-state index in [0.717, 1.165) is 48.5 Å². The van der Waals surface area contributed by atoms with Crippen LogP contribution in [-0.4, -0.2) is 20.3 Å². The second-order valence-corrected chi connectivity index (χ2v) is 5.05. The number of quaternary nitrogens is 1. The van der Waals surface area contributed by atoms with Crippen molar-refractivity contribution < 1.29 is 14.8 Å². The van der Waals surface area contributed by atoms with Crippen LogP contribution in [0, 0.1) is 0 Å². The van der Waals surface area contributed by atoms with Crippen LogP contribution in [0.1, 0.15) is 32.3 Å². The third-order valence-electron chi connectivity index (χ3n) is 2.74. The Balaban J connectivity index is 2.81. The lowest BCUT2D eigenvalue weighted by Gasteiger charge is -2.13. The molecular weight excluding hydrogens is 294 g/mol. The van der Waals surface area contributed by atoms with Crippen LogP contribution in [0.25, 0.3) is 0 Å². The van der Waals surface area contributed by atoms with E-state index in [-0.39, 0.29) is 0 Å². The fraction of sp³-hybridized carbons (Fsp3) is 0.571. The molecule has 0 heterocycles. The quantitative estimate of drug-likeness (QED) is 0.748. The van der Waals surface area contributed by atoms with Crippen molar-refractivity contribution in [1.82, 2.24) is 0 Å². The minimum Gasteiger partial charge on any atom is -0.493 e. The molecule has 102 valence electrons. The van der Waals surface area contributed by atoms with E-state index in [1.807, 2.05) is 6.07 Å². The minimum absolute atomic E-state index is 0.736. The lowest BCUT2D eigenvalue weighted by molar-refractivity contribution is -0.667. The van der Waals surface area contributed by atoms with Crippen molar-refractivity contribution in [3.63, 3.8) is 0 Å². The number of benzene rings is 1. The number of rotatable bonds is 8. The third-order valence-corrected chi connectivity index (χ3v) is 3.48. The van der Waals surface area contributed by atoms with E-state index < -0.39 is 0 Å². The van der Waals surface area contributed by atoms with E-state index >= 15 is 0 Å². The van der Waals surface area contributed by atoms with E-state index in [2.05, 4.69) is 41.2 Å². The van der Waals surface area contributed by atoms with Gasteiger partial charge in [0.05, 0.1) is 20.3 Å². The molecule has 1 aromatic rings. The topological polar surface area (TPSA) is 35.1 Å². The largest absolute Gasteiger partial charge is 0.493 e. The normalized spacial score (nSPS) is 10.4. The maximum atomic E-state index is 5.74. The van der Waals surface area contributed by atoms with Crippen molar-refractivity contribution in [2.45, 2.75) is 33.2 Å². The van der Waals surface area contributed by atoms with Gasteiger partial charge in [0.15, 0.2) is 11.5 Å². The summed E-state index contributed by atoms with van der Waals surface area (Å²) >= 11 is 3.59. The number of halogens is 1. The maximum Gasteiger partial charge on any atom is 0.162 e. The first-order valence-electron chi connectivity index (χ1n) is 6.53. The molecule has 0 fully saturated rings. The molecule has 1 aromatic carbocycles. The Labute approximate surface area is 118 Å². The number of ether oxygens (including phenoxy) is 2. The van der Waals surface area contributed by atoms with Gasteiger partial charge in [-0.15, -0.1) is 0 Å². The first kappa shape index (κ1) is 15.3. The molecule has 0 unspecified atom stereocenters. The Morgan fingerprint density at radius 1 is 1.22 bits per heavy atom. The Hall–Kier alpha value is -0.740. The van der Waals surface area contributed by atoms with Gasteiger partial charge in [-0.25, -0.2) is 0 Å². The third kappa shape index (κ3) is 4.50.